The molecule has 0 bridgehead atoms. The molecule has 11 nitrogen and oxygen atoms in total. The lowest BCUT2D eigenvalue weighted by Gasteiger charge is -2.48. The lowest BCUT2D eigenvalue weighted by molar-refractivity contribution is -0.177. The summed E-state index contributed by atoms with van der Waals surface area (Å²) in [7, 11) is 2.72. The Morgan fingerprint density at radius 1 is 1.10 bits per heavy atom. The van der Waals surface area contributed by atoms with E-state index in [1.165, 1.54) is 28.1 Å². The fourth-order valence-electron chi connectivity index (χ4n) is 5.88. The van der Waals surface area contributed by atoms with Gasteiger partial charge in [-0.25, -0.2) is 4.79 Å². The summed E-state index contributed by atoms with van der Waals surface area (Å²) in [6.07, 6.45) is 0.635. The second kappa shape index (κ2) is 9.58. The van der Waals surface area contributed by atoms with Gasteiger partial charge in [-0.2, -0.15) is 0 Å². The first-order chi connectivity index (χ1) is 18.9. The van der Waals surface area contributed by atoms with E-state index in [2.05, 4.69) is 0 Å². The van der Waals surface area contributed by atoms with Crippen molar-refractivity contribution >= 4 is 17.7 Å². The van der Waals surface area contributed by atoms with Gasteiger partial charge in [0.15, 0.2) is 23.4 Å². The zero-order chi connectivity index (χ0) is 29.1. The minimum absolute atomic E-state index is 0.0797. The molecular formula is C29H32O11. The van der Waals surface area contributed by atoms with E-state index in [1.54, 1.807) is 39.0 Å². The summed E-state index contributed by atoms with van der Waals surface area (Å²) in [4.78, 5) is 40.1. The molecule has 0 aromatic heterocycles. The van der Waals surface area contributed by atoms with Crippen LogP contribution in [0.5, 0.6) is 17.2 Å². The lowest BCUT2D eigenvalue weighted by atomic mass is 9.59. The Bertz CT molecular complexity index is 1400. The van der Waals surface area contributed by atoms with Gasteiger partial charge in [0.25, 0.3) is 0 Å². The maximum absolute atomic E-state index is 14.5. The summed E-state index contributed by atoms with van der Waals surface area (Å²) in [6.45, 7) is 7.35. The number of fused-ring (bicyclic) bond motifs is 2. The first-order valence-electron chi connectivity index (χ1n) is 12.9. The molecule has 1 aromatic rings. The predicted octanol–water partition coefficient (Wildman–Crippen LogP) is 2.94. The Morgan fingerprint density at radius 3 is 2.45 bits per heavy atom. The van der Waals surface area contributed by atoms with Gasteiger partial charge >= 0.3 is 11.9 Å². The number of rotatable bonds is 5. The minimum Gasteiger partial charge on any atom is -0.493 e. The number of ether oxygens (including phenoxy) is 7. The molecule has 5 rings (SSSR count). The van der Waals surface area contributed by atoms with Crippen molar-refractivity contribution in [2.24, 2.45) is 5.92 Å². The van der Waals surface area contributed by atoms with Crippen LogP contribution in [-0.2, 0) is 38.7 Å². The molecule has 0 fully saturated rings. The normalized spacial score (nSPS) is 30.3. The number of methoxy groups -OCH3 is 2. The van der Waals surface area contributed by atoms with Crippen LogP contribution in [-0.4, -0.2) is 62.2 Å². The molecule has 0 saturated heterocycles. The predicted molar refractivity (Wildman–Crippen MR) is 137 cm³/mol. The maximum Gasteiger partial charge on any atom is 0.334 e. The molecule has 0 unspecified atom stereocenters. The molecule has 2 heterocycles. The van der Waals surface area contributed by atoms with Gasteiger partial charge in [-0.15, -0.1) is 0 Å². The number of hydrogen-bond acceptors (Lipinski definition) is 11. The van der Waals surface area contributed by atoms with Crippen molar-refractivity contribution in [3.05, 3.63) is 52.0 Å². The van der Waals surface area contributed by atoms with Crippen molar-refractivity contribution in [2.75, 3.05) is 27.6 Å². The van der Waals surface area contributed by atoms with E-state index < -0.39 is 46.9 Å². The number of benzene rings is 1. The summed E-state index contributed by atoms with van der Waals surface area (Å²) in [6, 6.07) is 1.64. The number of hydrogen-bond donors (Lipinski definition) is 1. The molecule has 0 saturated carbocycles. The van der Waals surface area contributed by atoms with Crippen molar-refractivity contribution in [3.8, 4) is 17.2 Å². The first kappa shape index (κ1) is 27.6. The fraction of sp³-hybridized carbons (Fsp3) is 0.483. The first-order valence-corrected chi connectivity index (χ1v) is 12.9. The van der Waals surface area contributed by atoms with Crippen LogP contribution in [0.2, 0.25) is 0 Å². The summed E-state index contributed by atoms with van der Waals surface area (Å²) < 4.78 is 40.4. The molecule has 214 valence electrons. The van der Waals surface area contributed by atoms with Crippen molar-refractivity contribution in [1.82, 2.24) is 0 Å². The Labute approximate surface area is 231 Å². The zero-order valence-corrected chi connectivity index (χ0v) is 23.4. The molecule has 40 heavy (non-hydrogen) atoms. The number of aliphatic hydroxyl groups is 1. The number of ketones is 1. The zero-order valence-electron chi connectivity index (χ0n) is 23.4. The van der Waals surface area contributed by atoms with E-state index in [0.717, 1.165) is 0 Å². The highest BCUT2D eigenvalue weighted by atomic mass is 16.7. The highest BCUT2D eigenvalue weighted by molar-refractivity contribution is 6.09. The Hall–Kier alpha value is -3.99. The summed E-state index contributed by atoms with van der Waals surface area (Å²) in [5.74, 6) is -1.84. The SMILES string of the molecule is C/C=C(/C)C(=O)O[C@@H]1C2=CC(OC)=C(OC)C(=O)[C@@]23COc2c4c(cc(c23)[C@@H](OC(C)=O)[C@H](C)[C@]1(C)O)OCO4. The van der Waals surface area contributed by atoms with Crippen LogP contribution in [0.1, 0.15) is 51.8 Å². The van der Waals surface area contributed by atoms with E-state index in [1.807, 2.05) is 0 Å². The van der Waals surface area contributed by atoms with E-state index in [0.29, 0.717) is 28.2 Å². The fourth-order valence-corrected chi connectivity index (χ4v) is 5.88. The summed E-state index contributed by atoms with van der Waals surface area (Å²) >= 11 is 0. The quantitative estimate of drug-likeness (QED) is 0.423. The van der Waals surface area contributed by atoms with Crippen LogP contribution in [0.3, 0.4) is 0 Å². The van der Waals surface area contributed by atoms with Crippen molar-refractivity contribution < 1.29 is 52.6 Å². The van der Waals surface area contributed by atoms with Crippen LogP contribution >= 0.6 is 0 Å². The van der Waals surface area contributed by atoms with Crippen LogP contribution in [0.15, 0.2) is 40.9 Å². The van der Waals surface area contributed by atoms with Gasteiger partial charge in [0.05, 0.1) is 14.2 Å². The lowest BCUT2D eigenvalue weighted by Crippen LogP contribution is -2.58. The van der Waals surface area contributed by atoms with Crippen LogP contribution in [0.4, 0.5) is 0 Å². The van der Waals surface area contributed by atoms with Crippen LogP contribution in [0.25, 0.3) is 0 Å². The van der Waals surface area contributed by atoms with Gasteiger partial charge < -0.3 is 38.3 Å². The molecule has 4 aliphatic rings. The molecule has 0 amide bonds. The maximum atomic E-state index is 14.5. The third-order valence-electron chi connectivity index (χ3n) is 8.30. The van der Waals surface area contributed by atoms with E-state index in [9.17, 15) is 19.5 Å². The number of Topliss-reactive ketones (excluding diaryl/α,β-unsaturated/α-hetero) is 1. The second-order valence-corrected chi connectivity index (χ2v) is 10.4. The third-order valence-corrected chi connectivity index (χ3v) is 8.30. The van der Waals surface area contributed by atoms with Gasteiger partial charge in [0, 0.05) is 29.5 Å². The van der Waals surface area contributed by atoms with Crippen LogP contribution < -0.4 is 14.2 Å². The number of allylic oxidation sites excluding steroid dienone is 3. The van der Waals surface area contributed by atoms with Crippen LogP contribution in [0, 0.1) is 5.92 Å². The highest BCUT2D eigenvalue weighted by Crippen LogP contribution is 2.62. The van der Waals surface area contributed by atoms with E-state index in [-0.39, 0.29) is 36.2 Å². The minimum atomic E-state index is -1.87. The van der Waals surface area contributed by atoms with Gasteiger partial charge in [-0.1, -0.05) is 13.0 Å². The summed E-state index contributed by atoms with van der Waals surface area (Å²) in [5.41, 5.74) is -2.25. The monoisotopic (exact) mass is 556 g/mol. The summed E-state index contributed by atoms with van der Waals surface area (Å²) in [5, 5.41) is 12.2. The molecule has 1 aromatic carbocycles. The largest absolute Gasteiger partial charge is 0.493 e. The van der Waals surface area contributed by atoms with Gasteiger partial charge in [-0.05, 0) is 38.5 Å². The molecule has 1 N–H and O–H groups in total. The second-order valence-electron chi connectivity index (χ2n) is 10.4. The van der Waals surface area contributed by atoms with Crippen molar-refractivity contribution in [3.63, 3.8) is 0 Å². The standard InChI is InChI=1S/C29H32O11/c1-8-13(2)27(32)40-26-17-10-18(34-6)23(35-7)25(31)29(17)11-36-24-20(29)16(9-19-22(24)38-12-37-19)21(39-15(4)30)14(3)28(26,5)33/h8-10,14,21,26,33H,11-12H2,1-7H3/b13-8-/t14-,21-,26+,28-,29-/m0/s1. The van der Waals surface area contributed by atoms with Crippen molar-refractivity contribution in [1.29, 1.82) is 0 Å². The third kappa shape index (κ3) is 3.71. The van der Waals surface area contributed by atoms with E-state index >= 15 is 0 Å². The molecule has 2 aliphatic heterocycles. The number of esters is 2. The van der Waals surface area contributed by atoms with E-state index in [4.69, 9.17) is 33.2 Å². The topological polar surface area (TPSA) is 136 Å². The number of carbonyl (C=O) groups is 3. The van der Waals surface area contributed by atoms with Gasteiger partial charge in [-0.3, -0.25) is 9.59 Å². The average Bonchev–Trinajstić information content (AvgIpc) is 3.55. The van der Waals surface area contributed by atoms with Gasteiger partial charge in [0.2, 0.25) is 24.1 Å². The number of carbonyl (C=O) groups excluding carboxylic acids is 3. The Kier molecular flexibility index (Phi) is 6.60. The molecule has 2 aliphatic carbocycles. The van der Waals surface area contributed by atoms with Crippen molar-refractivity contribution in [2.45, 2.75) is 57.8 Å². The molecule has 0 radical (unpaired) electrons. The molecular weight excluding hydrogens is 524 g/mol. The highest BCUT2D eigenvalue weighted by Gasteiger charge is 2.64. The molecule has 5 atom stereocenters. The molecule has 11 heteroatoms. The average molecular weight is 557 g/mol. The Balaban J connectivity index is 1.90. The molecule has 1 spiro atoms. The smallest absolute Gasteiger partial charge is 0.334 e. The van der Waals surface area contributed by atoms with Gasteiger partial charge in [0.1, 0.15) is 23.7 Å². The Morgan fingerprint density at radius 2 is 1.82 bits per heavy atom.